The summed E-state index contributed by atoms with van der Waals surface area (Å²) in [6, 6.07) is 6.06. The van der Waals surface area contributed by atoms with E-state index in [4.69, 9.17) is 0 Å². The van der Waals surface area contributed by atoms with Gasteiger partial charge in [0.2, 0.25) is 20.0 Å². The minimum Gasteiger partial charge on any atom is -0.316 e. The number of hydrogen-bond donors (Lipinski definition) is 2. The summed E-state index contributed by atoms with van der Waals surface area (Å²) in [7, 11) is -5.12. The van der Waals surface area contributed by atoms with Crippen LogP contribution in [0.1, 0.15) is 32.6 Å². The highest BCUT2D eigenvalue weighted by atomic mass is 32.2. The van der Waals surface area contributed by atoms with Gasteiger partial charge in [-0.05, 0) is 50.6 Å². The molecule has 142 valence electrons. The first-order valence-electron chi connectivity index (χ1n) is 8.56. The van der Waals surface area contributed by atoms with Gasteiger partial charge in [-0.1, -0.05) is 13.3 Å². The number of rotatable bonds is 8. The molecule has 9 heteroatoms. The SMILES string of the molecule is CCCCS(=O)(=O)Nc1ccc(S(=O)(=O)N2CCCC(NC)C2)cc1. The monoisotopic (exact) mass is 389 g/mol. The van der Waals surface area contributed by atoms with Gasteiger partial charge < -0.3 is 5.32 Å². The maximum atomic E-state index is 12.7. The molecule has 7 nitrogen and oxygen atoms in total. The molecule has 1 unspecified atom stereocenters. The molecule has 1 heterocycles. The van der Waals surface area contributed by atoms with E-state index in [1.807, 2.05) is 14.0 Å². The van der Waals surface area contributed by atoms with Crippen LogP contribution in [0.25, 0.3) is 0 Å². The van der Waals surface area contributed by atoms with E-state index < -0.39 is 20.0 Å². The lowest BCUT2D eigenvalue weighted by atomic mass is 10.1. The Labute approximate surface area is 150 Å². The van der Waals surface area contributed by atoms with Crippen LogP contribution in [-0.2, 0) is 20.0 Å². The molecule has 1 aliphatic rings. The third-order valence-corrected chi connectivity index (χ3v) is 7.58. The first kappa shape index (κ1) is 20.2. The van der Waals surface area contributed by atoms with Gasteiger partial charge in [0.05, 0.1) is 10.6 Å². The Hall–Kier alpha value is -1.16. The third kappa shape index (κ3) is 5.40. The number of piperidine rings is 1. The molecule has 0 saturated carbocycles. The summed E-state index contributed by atoms with van der Waals surface area (Å²) in [5.41, 5.74) is 0.377. The number of anilines is 1. The Morgan fingerprint density at radius 3 is 2.44 bits per heavy atom. The van der Waals surface area contributed by atoms with Crippen LogP contribution in [0.4, 0.5) is 5.69 Å². The van der Waals surface area contributed by atoms with Gasteiger partial charge in [0.1, 0.15) is 0 Å². The fourth-order valence-corrected chi connectivity index (χ4v) is 5.60. The number of sulfonamides is 2. The zero-order chi connectivity index (χ0) is 18.5. The highest BCUT2D eigenvalue weighted by Gasteiger charge is 2.29. The first-order chi connectivity index (χ1) is 11.8. The minimum absolute atomic E-state index is 0.0583. The van der Waals surface area contributed by atoms with Crippen molar-refractivity contribution in [3.63, 3.8) is 0 Å². The van der Waals surface area contributed by atoms with Crippen LogP contribution in [0.5, 0.6) is 0 Å². The molecule has 1 aromatic carbocycles. The van der Waals surface area contributed by atoms with E-state index >= 15 is 0 Å². The molecule has 1 aromatic rings. The highest BCUT2D eigenvalue weighted by molar-refractivity contribution is 7.92. The van der Waals surface area contributed by atoms with E-state index in [0.29, 0.717) is 25.2 Å². The fraction of sp³-hybridized carbons (Fsp3) is 0.625. The number of nitrogens with one attached hydrogen (secondary N) is 2. The summed E-state index contributed by atoms with van der Waals surface area (Å²) in [6.07, 6.45) is 3.16. The second-order valence-corrected chi connectivity index (χ2v) is 10.1. The molecule has 1 aliphatic heterocycles. The van der Waals surface area contributed by atoms with Crippen molar-refractivity contribution in [3.05, 3.63) is 24.3 Å². The van der Waals surface area contributed by atoms with E-state index in [9.17, 15) is 16.8 Å². The smallest absolute Gasteiger partial charge is 0.243 e. The van der Waals surface area contributed by atoms with Crippen molar-refractivity contribution in [2.45, 2.75) is 43.5 Å². The molecule has 0 radical (unpaired) electrons. The van der Waals surface area contributed by atoms with E-state index in [1.54, 1.807) is 0 Å². The van der Waals surface area contributed by atoms with Crippen molar-refractivity contribution in [1.29, 1.82) is 0 Å². The number of likely N-dealkylation sites (N-methyl/N-ethyl adjacent to an activating group) is 1. The lowest BCUT2D eigenvalue weighted by Crippen LogP contribution is -2.46. The van der Waals surface area contributed by atoms with Crippen LogP contribution in [-0.4, -0.2) is 53.1 Å². The van der Waals surface area contributed by atoms with Gasteiger partial charge in [0.15, 0.2) is 0 Å². The Morgan fingerprint density at radius 1 is 1.16 bits per heavy atom. The zero-order valence-corrected chi connectivity index (χ0v) is 16.4. The van der Waals surface area contributed by atoms with Crippen molar-refractivity contribution in [1.82, 2.24) is 9.62 Å². The number of benzene rings is 1. The molecular weight excluding hydrogens is 362 g/mol. The molecular formula is C16H27N3O4S2. The molecule has 2 N–H and O–H groups in total. The molecule has 1 saturated heterocycles. The van der Waals surface area contributed by atoms with Crippen LogP contribution in [0.2, 0.25) is 0 Å². The zero-order valence-electron chi connectivity index (χ0n) is 14.7. The largest absolute Gasteiger partial charge is 0.316 e. The van der Waals surface area contributed by atoms with Crippen LogP contribution in [0.15, 0.2) is 29.2 Å². The van der Waals surface area contributed by atoms with Crippen LogP contribution in [0, 0.1) is 0 Å². The predicted molar refractivity (Wildman–Crippen MR) is 99.6 cm³/mol. The molecule has 0 bridgehead atoms. The summed E-state index contributed by atoms with van der Waals surface area (Å²) in [5, 5.41) is 3.13. The summed E-state index contributed by atoms with van der Waals surface area (Å²) < 4.78 is 53.3. The van der Waals surface area contributed by atoms with Gasteiger partial charge in [0.25, 0.3) is 0 Å². The summed E-state index contributed by atoms with van der Waals surface area (Å²) in [5.74, 6) is 0.0583. The predicted octanol–water partition coefficient (Wildman–Crippen LogP) is 1.60. The third-order valence-electron chi connectivity index (χ3n) is 4.32. The molecule has 0 aromatic heterocycles. The second kappa shape index (κ2) is 8.48. The first-order valence-corrected chi connectivity index (χ1v) is 11.7. The van der Waals surface area contributed by atoms with Gasteiger partial charge in [0, 0.05) is 24.8 Å². The number of unbranched alkanes of at least 4 members (excludes halogenated alkanes) is 1. The lowest BCUT2D eigenvalue weighted by Gasteiger charge is -2.31. The van der Waals surface area contributed by atoms with Gasteiger partial charge in [-0.2, -0.15) is 4.31 Å². The van der Waals surface area contributed by atoms with E-state index in [-0.39, 0.29) is 16.7 Å². The normalized spacial score (nSPS) is 19.7. The molecule has 0 aliphatic carbocycles. The summed E-state index contributed by atoms with van der Waals surface area (Å²) in [6.45, 7) is 2.88. The lowest BCUT2D eigenvalue weighted by molar-refractivity contribution is 0.293. The summed E-state index contributed by atoms with van der Waals surface area (Å²) in [4.78, 5) is 0.181. The molecule has 1 fully saturated rings. The van der Waals surface area contributed by atoms with Gasteiger partial charge in [-0.25, -0.2) is 16.8 Å². The molecule has 25 heavy (non-hydrogen) atoms. The molecule has 0 amide bonds. The Kier molecular flexibility index (Phi) is 6.84. The highest BCUT2D eigenvalue weighted by Crippen LogP contribution is 2.22. The topological polar surface area (TPSA) is 95.6 Å². The van der Waals surface area contributed by atoms with Crippen molar-refractivity contribution >= 4 is 25.7 Å². The van der Waals surface area contributed by atoms with Crippen molar-refractivity contribution in [2.75, 3.05) is 30.6 Å². The van der Waals surface area contributed by atoms with Crippen molar-refractivity contribution < 1.29 is 16.8 Å². The maximum absolute atomic E-state index is 12.7. The quantitative estimate of drug-likeness (QED) is 0.704. The summed E-state index contributed by atoms with van der Waals surface area (Å²) >= 11 is 0. The average molecular weight is 390 g/mol. The number of hydrogen-bond acceptors (Lipinski definition) is 5. The molecule has 1 atom stereocenters. The van der Waals surface area contributed by atoms with Crippen molar-refractivity contribution in [2.24, 2.45) is 0 Å². The maximum Gasteiger partial charge on any atom is 0.243 e. The standard InChI is InChI=1S/C16H27N3O4S2/c1-3-4-12-24(20,21)18-14-7-9-16(10-8-14)25(22,23)19-11-5-6-15(13-19)17-2/h7-10,15,17-18H,3-6,11-13H2,1-2H3. The van der Waals surface area contributed by atoms with E-state index in [0.717, 1.165) is 19.3 Å². The van der Waals surface area contributed by atoms with Crippen molar-refractivity contribution in [3.8, 4) is 0 Å². The van der Waals surface area contributed by atoms with Gasteiger partial charge in [-0.15, -0.1) is 0 Å². The van der Waals surface area contributed by atoms with E-state index in [2.05, 4.69) is 10.0 Å². The Bertz CT molecular complexity index is 761. The Morgan fingerprint density at radius 2 is 1.84 bits per heavy atom. The molecule has 0 spiro atoms. The van der Waals surface area contributed by atoms with E-state index in [1.165, 1.54) is 28.6 Å². The van der Waals surface area contributed by atoms with Crippen LogP contribution >= 0.6 is 0 Å². The molecule has 2 rings (SSSR count). The van der Waals surface area contributed by atoms with Gasteiger partial charge >= 0.3 is 0 Å². The van der Waals surface area contributed by atoms with Gasteiger partial charge in [-0.3, -0.25) is 4.72 Å². The van der Waals surface area contributed by atoms with Crippen LogP contribution in [0.3, 0.4) is 0 Å². The Balaban J connectivity index is 2.10. The second-order valence-electron chi connectivity index (χ2n) is 6.29. The van der Waals surface area contributed by atoms with Crippen LogP contribution < -0.4 is 10.0 Å². The average Bonchev–Trinajstić information content (AvgIpc) is 2.60. The minimum atomic E-state index is -3.56. The number of nitrogens with zero attached hydrogens (tertiary/aromatic N) is 1. The fourth-order valence-electron chi connectivity index (χ4n) is 2.81.